The lowest BCUT2D eigenvalue weighted by Crippen LogP contribution is -2.48. The van der Waals surface area contributed by atoms with Gasteiger partial charge in [0.2, 0.25) is 5.91 Å². The van der Waals surface area contributed by atoms with E-state index >= 15 is 0 Å². The Labute approximate surface area is 98.6 Å². The summed E-state index contributed by atoms with van der Waals surface area (Å²) in [5.74, 6) is 0.255. The Morgan fingerprint density at radius 1 is 1.06 bits per heavy atom. The Balaban J connectivity index is 1.95. The van der Waals surface area contributed by atoms with Gasteiger partial charge in [-0.15, -0.1) is 0 Å². The topological polar surface area (TPSA) is 32.3 Å². The first-order chi connectivity index (χ1) is 7.79. The second kappa shape index (κ2) is 5.67. The Morgan fingerprint density at radius 2 is 1.75 bits per heavy atom. The summed E-state index contributed by atoms with van der Waals surface area (Å²) in [6.45, 7) is 0.869. The number of likely N-dealkylation sites (N-methyl/N-ethyl adjacent to an activating group) is 1. The highest BCUT2D eigenvalue weighted by Gasteiger charge is 2.29. The zero-order valence-electron chi connectivity index (χ0n) is 10.4. The maximum atomic E-state index is 11.9. The first-order valence-electron chi connectivity index (χ1n) is 6.78. The van der Waals surface area contributed by atoms with E-state index in [9.17, 15) is 4.79 Å². The minimum absolute atomic E-state index is 0.130. The zero-order chi connectivity index (χ0) is 11.4. The van der Waals surface area contributed by atoms with Crippen LogP contribution in [0.25, 0.3) is 0 Å². The van der Waals surface area contributed by atoms with E-state index in [-0.39, 0.29) is 11.9 Å². The van der Waals surface area contributed by atoms with Crippen LogP contribution in [0.1, 0.15) is 51.4 Å². The molecule has 3 nitrogen and oxygen atoms in total. The van der Waals surface area contributed by atoms with Crippen molar-refractivity contribution < 1.29 is 4.79 Å². The van der Waals surface area contributed by atoms with Crippen molar-refractivity contribution in [3.8, 4) is 0 Å². The molecule has 0 aromatic rings. The van der Waals surface area contributed by atoms with Crippen LogP contribution < -0.4 is 5.32 Å². The number of hydrogen-bond donors (Lipinski definition) is 1. The first-order valence-corrected chi connectivity index (χ1v) is 6.78. The molecule has 0 spiro atoms. The molecule has 1 N–H and O–H groups in total. The predicted octanol–water partition coefficient (Wildman–Crippen LogP) is 1.92. The molecule has 1 atom stereocenters. The molecule has 0 bridgehead atoms. The molecule has 1 saturated heterocycles. The Kier molecular flexibility index (Phi) is 4.22. The molecule has 2 rings (SSSR count). The highest BCUT2D eigenvalue weighted by Crippen LogP contribution is 2.24. The van der Waals surface area contributed by atoms with Gasteiger partial charge < -0.3 is 5.32 Å². The molecular weight excluding hydrogens is 200 g/mol. The second-order valence-corrected chi connectivity index (χ2v) is 5.26. The summed E-state index contributed by atoms with van der Waals surface area (Å²) in [4.78, 5) is 14.3. The molecule has 1 unspecified atom stereocenters. The average Bonchev–Trinajstić information content (AvgIpc) is 2.54. The van der Waals surface area contributed by atoms with Crippen LogP contribution in [0, 0.1) is 0 Å². The zero-order valence-corrected chi connectivity index (χ0v) is 10.4. The smallest absolute Gasteiger partial charge is 0.237 e. The number of carbonyl (C=O) groups excluding carboxylic acids is 1. The van der Waals surface area contributed by atoms with Crippen molar-refractivity contribution in [3.05, 3.63) is 0 Å². The molecule has 0 radical (unpaired) electrons. The maximum absolute atomic E-state index is 11.9. The van der Waals surface area contributed by atoms with E-state index in [0.717, 1.165) is 19.4 Å². The number of hydrogen-bond acceptors (Lipinski definition) is 2. The summed E-state index contributed by atoms with van der Waals surface area (Å²) in [5, 5.41) is 3.03. The van der Waals surface area contributed by atoms with Crippen LogP contribution in [0.5, 0.6) is 0 Å². The van der Waals surface area contributed by atoms with Gasteiger partial charge in [-0.3, -0.25) is 9.69 Å². The van der Waals surface area contributed by atoms with Crippen molar-refractivity contribution in [2.75, 3.05) is 13.6 Å². The normalized spacial score (nSPS) is 28.9. The van der Waals surface area contributed by atoms with Crippen LogP contribution in [0.3, 0.4) is 0 Å². The SMILES string of the molecule is CN(C1CCCCC1)C1CCCCNC1=O. The fourth-order valence-electron chi connectivity index (χ4n) is 3.05. The van der Waals surface area contributed by atoms with Gasteiger partial charge in [0.05, 0.1) is 6.04 Å². The van der Waals surface area contributed by atoms with E-state index in [1.165, 1.54) is 38.5 Å². The number of nitrogens with one attached hydrogen (secondary N) is 1. The number of amides is 1. The van der Waals surface area contributed by atoms with E-state index < -0.39 is 0 Å². The molecule has 3 heteroatoms. The molecule has 2 aliphatic rings. The first kappa shape index (κ1) is 11.9. The summed E-state index contributed by atoms with van der Waals surface area (Å²) < 4.78 is 0. The quantitative estimate of drug-likeness (QED) is 0.777. The van der Waals surface area contributed by atoms with Gasteiger partial charge in [0.1, 0.15) is 0 Å². The van der Waals surface area contributed by atoms with Crippen LogP contribution in [-0.2, 0) is 4.79 Å². The molecule has 92 valence electrons. The maximum Gasteiger partial charge on any atom is 0.237 e. The molecule has 1 aliphatic carbocycles. The van der Waals surface area contributed by atoms with Crippen molar-refractivity contribution in [1.29, 1.82) is 0 Å². The van der Waals surface area contributed by atoms with E-state index in [2.05, 4.69) is 17.3 Å². The lowest BCUT2D eigenvalue weighted by Gasteiger charge is -2.35. The summed E-state index contributed by atoms with van der Waals surface area (Å²) in [7, 11) is 2.14. The molecule has 16 heavy (non-hydrogen) atoms. The summed E-state index contributed by atoms with van der Waals surface area (Å²) in [5.41, 5.74) is 0. The average molecular weight is 224 g/mol. The summed E-state index contributed by atoms with van der Waals surface area (Å²) in [6.07, 6.45) is 9.97. The fraction of sp³-hybridized carbons (Fsp3) is 0.923. The Morgan fingerprint density at radius 3 is 2.50 bits per heavy atom. The predicted molar refractivity (Wildman–Crippen MR) is 65.3 cm³/mol. The van der Waals surface area contributed by atoms with Gasteiger partial charge in [-0.05, 0) is 39.2 Å². The standard InChI is InChI=1S/C13H24N2O/c1-15(11-7-3-2-4-8-11)12-9-5-6-10-14-13(12)16/h11-12H,2-10H2,1H3,(H,14,16). The van der Waals surface area contributed by atoms with Gasteiger partial charge in [-0.25, -0.2) is 0 Å². The molecule has 1 aliphatic heterocycles. The summed E-state index contributed by atoms with van der Waals surface area (Å²) in [6, 6.07) is 0.771. The third kappa shape index (κ3) is 2.76. The minimum Gasteiger partial charge on any atom is -0.355 e. The van der Waals surface area contributed by atoms with Gasteiger partial charge in [0, 0.05) is 12.6 Å². The van der Waals surface area contributed by atoms with Gasteiger partial charge in [-0.2, -0.15) is 0 Å². The van der Waals surface area contributed by atoms with E-state index in [0.29, 0.717) is 6.04 Å². The molecular formula is C13H24N2O. The molecule has 1 saturated carbocycles. The lowest BCUT2D eigenvalue weighted by atomic mass is 9.93. The van der Waals surface area contributed by atoms with Crippen LogP contribution in [-0.4, -0.2) is 36.5 Å². The number of carbonyl (C=O) groups is 1. The van der Waals surface area contributed by atoms with Crippen molar-refractivity contribution in [1.82, 2.24) is 10.2 Å². The van der Waals surface area contributed by atoms with Crippen LogP contribution >= 0.6 is 0 Å². The Bertz CT molecular complexity index is 236. The Hall–Kier alpha value is -0.570. The minimum atomic E-state index is 0.130. The van der Waals surface area contributed by atoms with Crippen LogP contribution in [0.4, 0.5) is 0 Å². The van der Waals surface area contributed by atoms with Gasteiger partial charge in [0.25, 0.3) is 0 Å². The molecule has 0 aromatic carbocycles. The van der Waals surface area contributed by atoms with E-state index in [1.807, 2.05) is 0 Å². The summed E-state index contributed by atoms with van der Waals surface area (Å²) >= 11 is 0. The fourth-order valence-corrected chi connectivity index (χ4v) is 3.05. The van der Waals surface area contributed by atoms with E-state index in [4.69, 9.17) is 0 Å². The number of nitrogens with zero attached hydrogens (tertiary/aromatic N) is 1. The largest absolute Gasteiger partial charge is 0.355 e. The second-order valence-electron chi connectivity index (χ2n) is 5.26. The monoisotopic (exact) mass is 224 g/mol. The van der Waals surface area contributed by atoms with Crippen molar-refractivity contribution in [2.45, 2.75) is 63.5 Å². The molecule has 0 aromatic heterocycles. The molecule has 2 fully saturated rings. The van der Waals surface area contributed by atoms with Crippen molar-refractivity contribution in [3.63, 3.8) is 0 Å². The molecule has 1 heterocycles. The van der Waals surface area contributed by atoms with Crippen LogP contribution in [0.15, 0.2) is 0 Å². The number of rotatable bonds is 2. The van der Waals surface area contributed by atoms with Crippen LogP contribution in [0.2, 0.25) is 0 Å². The van der Waals surface area contributed by atoms with Gasteiger partial charge in [-0.1, -0.05) is 19.3 Å². The van der Waals surface area contributed by atoms with Gasteiger partial charge >= 0.3 is 0 Å². The third-order valence-electron chi connectivity index (χ3n) is 4.15. The third-order valence-corrected chi connectivity index (χ3v) is 4.15. The van der Waals surface area contributed by atoms with Crippen molar-refractivity contribution in [2.24, 2.45) is 0 Å². The highest BCUT2D eigenvalue weighted by atomic mass is 16.2. The van der Waals surface area contributed by atoms with E-state index in [1.54, 1.807) is 0 Å². The highest BCUT2D eigenvalue weighted by molar-refractivity contribution is 5.81. The van der Waals surface area contributed by atoms with Gasteiger partial charge in [0.15, 0.2) is 0 Å². The lowest BCUT2D eigenvalue weighted by molar-refractivity contribution is -0.126. The van der Waals surface area contributed by atoms with Crippen molar-refractivity contribution >= 4 is 5.91 Å². The molecule has 1 amide bonds.